The third kappa shape index (κ3) is 4.19. The lowest BCUT2D eigenvalue weighted by Crippen LogP contribution is -2.28. The van der Waals surface area contributed by atoms with Gasteiger partial charge in [0.1, 0.15) is 0 Å². The first-order valence-corrected chi connectivity index (χ1v) is 8.53. The number of carbonyl (C=O) groups excluding carboxylic acids is 3. The molecule has 27 heavy (non-hydrogen) atoms. The molecule has 7 heteroatoms. The van der Waals surface area contributed by atoms with E-state index in [1.165, 1.54) is 11.0 Å². The Hall–Kier alpha value is -3.09. The summed E-state index contributed by atoms with van der Waals surface area (Å²) in [4.78, 5) is 36.9. The molecular weight excluding hydrogens is 354 g/mol. The van der Waals surface area contributed by atoms with E-state index in [0.717, 1.165) is 17.7 Å². The molecule has 0 aliphatic carbocycles. The predicted octanol–water partition coefficient (Wildman–Crippen LogP) is 3.10. The van der Waals surface area contributed by atoms with Crippen LogP contribution in [-0.4, -0.2) is 22.6 Å². The highest BCUT2D eigenvalue weighted by Crippen LogP contribution is 2.18. The summed E-state index contributed by atoms with van der Waals surface area (Å²) in [6.07, 6.45) is 0.475. The summed E-state index contributed by atoms with van der Waals surface area (Å²) in [5, 5.41) is 2.72. The van der Waals surface area contributed by atoms with Crippen molar-refractivity contribution in [2.24, 2.45) is 0 Å². The topological polar surface area (TPSA) is 66.5 Å². The van der Waals surface area contributed by atoms with Gasteiger partial charge in [-0.05, 0) is 42.3 Å². The summed E-state index contributed by atoms with van der Waals surface area (Å²) in [6, 6.07) is 9.51. The number of nitrogens with zero attached hydrogens (tertiary/aromatic N) is 1. The molecule has 140 valence electrons. The second-order valence-corrected chi connectivity index (χ2v) is 6.44. The maximum atomic E-state index is 13.3. The summed E-state index contributed by atoms with van der Waals surface area (Å²) in [5.74, 6) is -2.66. The summed E-state index contributed by atoms with van der Waals surface area (Å²) < 4.78 is 26.3. The second-order valence-electron chi connectivity index (χ2n) is 6.44. The van der Waals surface area contributed by atoms with Crippen LogP contribution in [0.25, 0.3) is 0 Å². The minimum Gasteiger partial charge on any atom is -0.346 e. The molecule has 0 bridgehead atoms. The number of benzene rings is 2. The van der Waals surface area contributed by atoms with Crippen LogP contribution in [0, 0.1) is 11.6 Å². The Balaban J connectivity index is 1.64. The van der Waals surface area contributed by atoms with Crippen LogP contribution in [0.3, 0.4) is 0 Å². The number of amides is 3. The number of hydrogen-bond acceptors (Lipinski definition) is 3. The number of rotatable bonds is 5. The van der Waals surface area contributed by atoms with Crippen molar-refractivity contribution in [1.82, 2.24) is 10.2 Å². The number of nitrogens with one attached hydrogen (secondary N) is 1. The largest absolute Gasteiger partial charge is 0.346 e. The Morgan fingerprint density at radius 3 is 2.26 bits per heavy atom. The molecule has 1 aliphatic rings. The quantitative estimate of drug-likeness (QED) is 0.820. The molecule has 1 N–H and O–H groups in total. The molecule has 0 spiro atoms. The van der Waals surface area contributed by atoms with Crippen LogP contribution in [0.1, 0.15) is 47.3 Å². The minimum absolute atomic E-state index is 0.185. The van der Waals surface area contributed by atoms with Crippen LogP contribution in [0.5, 0.6) is 0 Å². The van der Waals surface area contributed by atoms with Gasteiger partial charge in [-0.25, -0.2) is 8.78 Å². The average Bonchev–Trinajstić information content (AvgIpc) is 2.96. The minimum atomic E-state index is -0.969. The fraction of sp³-hybridized carbons (Fsp3) is 0.250. The molecule has 1 fully saturated rings. The number of hydrogen-bond donors (Lipinski definition) is 1. The van der Waals surface area contributed by atoms with Gasteiger partial charge in [-0.2, -0.15) is 0 Å². The van der Waals surface area contributed by atoms with Gasteiger partial charge in [0.25, 0.3) is 5.91 Å². The maximum Gasteiger partial charge on any atom is 0.251 e. The standard InChI is InChI=1S/C20H18F2N2O3/c1-12(15-6-7-16(21)17(22)10-15)23-20(27)14-4-2-13(3-5-14)11-24-18(25)8-9-19(24)26/h2-7,10,12H,8-9,11H2,1H3,(H,23,27)/t12-/m0/s1. The molecule has 1 saturated heterocycles. The zero-order valence-electron chi connectivity index (χ0n) is 14.7. The molecule has 2 aromatic carbocycles. The molecule has 0 saturated carbocycles. The number of carbonyl (C=O) groups is 3. The van der Waals surface area contributed by atoms with Gasteiger partial charge in [0.2, 0.25) is 11.8 Å². The first kappa shape index (κ1) is 18.7. The van der Waals surface area contributed by atoms with Crippen molar-refractivity contribution in [2.45, 2.75) is 32.4 Å². The van der Waals surface area contributed by atoms with E-state index in [2.05, 4.69) is 5.32 Å². The Kier molecular flexibility index (Phi) is 5.30. The molecule has 3 amide bonds. The van der Waals surface area contributed by atoms with E-state index in [-0.39, 0.29) is 37.1 Å². The molecule has 5 nitrogen and oxygen atoms in total. The fourth-order valence-electron chi connectivity index (χ4n) is 2.89. The highest BCUT2D eigenvalue weighted by Gasteiger charge is 2.28. The lowest BCUT2D eigenvalue weighted by Gasteiger charge is -2.16. The third-order valence-electron chi connectivity index (χ3n) is 4.50. The van der Waals surface area contributed by atoms with Crippen LogP contribution in [0.15, 0.2) is 42.5 Å². The van der Waals surface area contributed by atoms with E-state index in [1.54, 1.807) is 31.2 Å². The van der Waals surface area contributed by atoms with E-state index in [9.17, 15) is 23.2 Å². The van der Waals surface area contributed by atoms with Crippen molar-refractivity contribution in [2.75, 3.05) is 0 Å². The van der Waals surface area contributed by atoms with Gasteiger partial charge < -0.3 is 5.32 Å². The number of halogens is 2. The Labute approximate surface area is 155 Å². The first-order valence-electron chi connectivity index (χ1n) is 8.53. The van der Waals surface area contributed by atoms with E-state index in [0.29, 0.717) is 11.1 Å². The van der Waals surface area contributed by atoms with Crippen molar-refractivity contribution in [1.29, 1.82) is 0 Å². The van der Waals surface area contributed by atoms with Gasteiger partial charge >= 0.3 is 0 Å². The normalized spacial score (nSPS) is 15.1. The van der Waals surface area contributed by atoms with Crippen molar-refractivity contribution < 1.29 is 23.2 Å². The van der Waals surface area contributed by atoms with E-state index >= 15 is 0 Å². The van der Waals surface area contributed by atoms with E-state index in [4.69, 9.17) is 0 Å². The molecular formula is C20H18F2N2O3. The second kappa shape index (κ2) is 7.65. The van der Waals surface area contributed by atoms with Crippen molar-refractivity contribution in [3.05, 3.63) is 70.8 Å². The van der Waals surface area contributed by atoms with Gasteiger partial charge in [0.15, 0.2) is 11.6 Å². The lowest BCUT2D eigenvalue weighted by atomic mass is 10.1. The van der Waals surface area contributed by atoms with Gasteiger partial charge in [0, 0.05) is 18.4 Å². The Bertz CT molecular complexity index is 881. The molecule has 3 rings (SSSR count). The van der Waals surface area contributed by atoms with Crippen LogP contribution < -0.4 is 5.32 Å². The highest BCUT2D eigenvalue weighted by molar-refractivity contribution is 6.01. The van der Waals surface area contributed by atoms with Crippen LogP contribution in [0.2, 0.25) is 0 Å². The molecule has 2 aromatic rings. The maximum absolute atomic E-state index is 13.3. The number of imide groups is 1. The SMILES string of the molecule is C[C@H](NC(=O)c1ccc(CN2C(=O)CCC2=O)cc1)c1ccc(F)c(F)c1. The zero-order valence-corrected chi connectivity index (χ0v) is 14.7. The van der Waals surface area contributed by atoms with Gasteiger partial charge in [-0.3, -0.25) is 19.3 Å². The summed E-state index contributed by atoms with van der Waals surface area (Å²) in [7, 11) is 0. The predicted molar refractivity (Wildman–Crippen MR) is 93.5 cm³/mol. The summed E-state index contributed by atoms with van der Waals surface area (Å²) in [5.41, 5.74) is 1.57. The average molecular weight is 372 g/mol. The van der Waals surface area contributed by atoms with Gasteiger partial charge in [-0.1, -0.05) is 18.2 Å². The molecule has 0 aromatic heterocycles. The smallest absolute Gasteiger partial charge is 0.251 e. The lowest BCUT2D eigenvalue weighted by molar-refractivity contribution is -0.139. The highest BCUT2D eigenvalue weighted by atomic mass is 19.2. The van der Waals surface area contributed by atoms with Crippen molar-refractivity contribution in [3.63, 3.8) is 0 Å². The molecule has 1 aliphatic heterocycles. The molecule has 0 unspecified atom stereocenters. The van der Waals surface area contributed by atoms with E-state index in [1.807, 2.05) is 0 Å². The van der Waals surface area contributed by atoms with Gasteiger partial charge in [-0.15, -0.1) is 0 Å². The van der Waals surface area contributed by atoms with Crippen molar-refractivity contribution >= 4 is 17.7 Å². The van der Waals surface area contributed by atoms with E-state index < -0.39 is 17.7 Å². The molecule has 0 radical (unpaired) electrons. The fourth-order valence-corrected chi connectivity index (χ4v) is 2.89. The first-order chi connectivity index (χ1) is 12.8. The summed E-state index contributed by atoms with van der Waals surface area (Å²) >= 11 is 0. The third-order valence-corrected chi connectivity index (χ3v) is 4.50. The van der Waals surface area contributed by atoms with Crippen LogP contribution >= 0.6 is 0 Å². The monoisotopic (exact) mass is 372 g/mol. The van der Waals surface area contributed by atoms with Gasteiger partial charge in [0.05, 0.1) is 12.6 Å². The Morgan fingerprint density at radius 1 is 1.04 bits per heavy atom. The van der Waals surface area contributed by atoms with Crippen LogP contribution in [-0.2, 0) is 16.1 Å². The number of likely N-dealkylation sites (tertiary alicyclic amines) is 1. The summed E-state index contributed by atoms with van der Waals surface area (Å²) in [6.45, 7) is 1.86. The molecule has 1 atom stereocenters. The van der Waals surface area contributed by atoms with Crippen molar-refractivity contribution in [3.8, 4) is 0 Å². The Morgan fingerprint density at radius 2 is 1.67 bits per heavy atom. The molecule has 1 heterocycles. The zero-order chi connectivity index (χ0) is 19.6. The van der Waals surface area contributed by atoms with Crippen LogP contribution in [0.4, 0.5) is 8.78 Å².